The standard InChI is InChI=1S/C24H26N4O5S3.C4F6O2/c1-13-10-15(28-21(29)9-8-18(25)23(30)31)6-7-17(13)14-4-3-5-16(11-14)36(32,33)20-12-19(22(26)27)35-24(20)34-2;5-3(6,7)1(11)2(12)4(8,9)10/h3-7,10-12,18H,8-9,25H2,1-2H3,(H3,26,27)(H,28,29)(H,30,31);/t18-;/m0./s1. The van der Waals surface area contributed by atoms with Gasteiger partial charge in [0, 0.05) is 12.1 Å². The predicted octanol–water partition coefficient (Wildman–Crippen LogP) is 4.94. The number of carboxylic acids is 1. The molecule has 20 heteroatoms. The van der Waals surface area contributed by atoms with Crippen LogP contribution in [0, 0.1) is 12.3 Å². The van der Waals surface area contributed by atoms with Crippen LogP contribution in [-0.4, -0.2) is 67.5 Å². The summed E-state index contributed by atoms with van der Waals surface area (Å²) in [5, 5.41) is 19.2. The molecule has 0 aliphatic carbocycles. The summed E-state index contributed by atoms with van der Waals surface area (Å²) < 4.78 is 94.4. The van der Waals surface area contributed by atoms with Gasteiger partial charge >= 0.3 is 29.9 Å². The molecule has 3 rings (SSSR count). The Balaban J connectivity index is 0.000000567. The number of halogens is 6. The number of rotatable bonds is 11. The van der Waals surface area contributed by atoms with Crippen LogP contribution >= 0.6 is 23.1 Å². The van der Waals surface area contributed by atoms with Crippen LogP contribution in [0.3, 0.4) is 0 Å². The minimum absolute atomic E-state index is 0.0236. The molecule has 0 aliphatic heterocycles. The molecule has 48 heavy (non-hydrogen) atoms. The third-order valence-corrected chi connectivity index (χ3v) is 10.4. The van der Waals surface area contributed by atoms with Gasteiger partial charge < -0.3 is 21.9 Å². The van der Waals surface area contributed by atoms with E-state index in [1.165, 1.54) is 35.2 Å². The van der Waals surface area contributed by atoms with Crippen molar-refractivity contribution in [1.29, 1.82) is 5.41 Å². The zero-order valence-electron chi connectivity index (χ0n) is 24.7. The van der Waals surface area contributed by atoms with Crippen LogP contribution in [0.1, 0.15) is 23.3 Å². The van der Waals surface area contributed by atoms with Gasteiger partial charge in [-0.2, -0.15) is 26.3 Å². The lowest BCUT2D eigenvalue weighted by Gasteiger charge is -2.12. The first-order valence-corrected chi connectivity index (χ1v) is 16.5. The Kier molecular flexibility index (Phi) is 13.1. The zero-order valence-corrected chi connectivity index (χ0v) is 27.1. The molecule has 0 radical (unpaired) electrons. The summed E-state index contributed by atoms with van der Waals surface area (Å²) in [6.45, 7) is 1.84. The molecule has 1 atom stereocenters. The number of amidine groups is 1. The van der Waals surface area contributed by atoms with Crippen molar-refractivity contribution >= 4 is 67.9 Å². The van der Waals surface area contributed by atoms with Crippen LogP contribution in [0.4, 0.5) is 32.0 Å². The molecule has 0 aliphatic rings. The van der Waals surface area contributed by atoms with Crippen LogP contribution in [0.25, 0.3) is 11.1 Å². The van der Waals surface area contributed by atoms with Crippen molar-refractivity contribution in [2.24, 2.45) is 11.5 Å². The Hall–Kier alpha value is -4.27. The Bertz CT molecular complexity index is 1820. The highest BCUT2D eigenvalue weighted by Gasteiger charge is 2.54. The van der Waals surface area contributed by atoms with E-state index in [2.05, 4.69) is 5.32 Å². The van der Waals surface area contributed by atoms with E-state index in [-0.39, 0.29) is 34.4 Å². The highest BCUT2D eigenvalue weighted by atomic mass is 32.2. The molecule has 2 aromatic carbocycles. The molecular formula is C28H26F6N4O7S3. The maximum atomic E-state index is 13.4. The molecule has 11 nitrogen and oxygen atoms in total. The van der Waals surface area contributed by atoms with E-state index in [1.54, 1.807) is 42.7 Å². The number of thiophene rings is 1. The zero-order chi connectivity index (χ0) is 36.8. The molecule has 0 bridgehead atoms. The summed E-state index contributed by atoms with van der Waals surface area (Å²) >= 11 is 2.46. The van der Waals surface area contributed by atoms with Gasteiger partial charge in [-0.1, -0.05) is 18.2 Å². The van der Waals surface area contributed by atoms with Gasteiger partial charge in [-0.25, -0.2) is 8.42 Å². The molecular weight excluding hydrogens is 715 g/mol. The Morgan fingerprint density at radius 3 is 2.06 bits per heavy atom. The van der Waals surface area contributed by atoms with Crippen molar-refractivity contribution in [3.8, 4) is 11.1 Å². The number of nitrogens with two attached hydrogens (primary N) is 2. The first-order valence-electron chi connectivity index (χ1n) is 13.0. The van der Waals surface area contributed by atoms with Gasteiger partial charge in [0.25, 0.3) is 0 Å². The SMILES string of the molecule is CSc1sc(C(=N)N)cc1S(=O)(=O)c1cccc(-c2ccc(NC(=O)CC[C@H](N)C(=O)O)cc2C)c1.O=C(C(=O)C(F)(F)F)C(F)(F)F. The van der Waals surface area contributed by atoms with Gasteiger partial charge in [0.15, 0.2) is 0 Å². The van der Waals surface area contributed by atoms with Crippen molar-refractivity contribution in [2.75, 3.05) is 11.6 Å². The number of nitrogen functional groups attached to an aromatic ring is 1. The van der Waals surface area contributed by atoms with E-state index in [0.717, 1.165) is 11.1 Å². The summed E-state index contributed by atoms with van der Waals surface area (Å²) in [6, 6.07) is 12.2. The molecule has 0 saturated carbocycles. The Morgan fingerprint density at radius 1 is 1.00 bits per heavy atom. The van der Waals surface area contributed by atoms with Crippen LogP contribution in [0.2, 0.25) is 0 Å². The molecule has 3 aromatic rings. The first kappa shape index (κ1) is 39.9. The number of Topliss-reactive ketones (excluding diaryl/α,β-unsaturated/α-hetero) is 2. The average molecular weight is 741 g/mol. The van der Waals surface area contributed by atoms with Gasteiger partial charge in [0.05, 0.1) is 18.9 Å². The summed E-state index contributed by atoms with van der Waals surface area (Å²) in [5.74, 6) is -8.50. The molecule has 0 unspecified atom stereocenters. The number of carbonyl (C=O) groups is 4. The Labute approximate surface area is 277 Å². The van der Waals surface area contributed by atoms with Crippen molar-refractivity contribution in [2.45, 2.75) is 52.2 Å². The van der Waals surface area contributed by atoms with Gasteiger partial charge in [0.1, 0.15) is 11.9 Å². The third kappa shape index (κ3) is 10.4. The molecule has 1 heterocycles. The summed E-state index contributed by atoms with van der Waals surface area (Å²) in [4.78, 5) is 42.8. The van der Waals surface area contributed by atoms with Crippen LogP contribution in [0.5, 0.6) is 0 Å². The second kappa shape index (κ2) is 15.8. The highest BCUT2D eigenvalue weighted by molar-refractivity contribution is 8.01. The molecule has 0 saturated heterocycles. The number of anilines is 1. The molecule has 260 valence electrons. The van der Waals surface area contributed by atoms with E-state index in [1.807, 2.05) is 6.92 Å². The lowest BCUT2D eigenvalue weighted by molar-refractivity contribution is -0.193. The number of ketones is 2. The number of nitrogens with one attached hydrogen (secondary N) is 2. The third-order valence-electron chi connectivity index (χ3n) is 6.09. The van der Waals surface area contributed by atoms with Crippen LogP contribution in [-0.2, 0) is 29.0 Å². The molecule has 0 spiro atoms. The Morgan fingerprint density at radius 2 is 1.58 bits per heavy atom. The van der Waals surface area contributed by atoms with Crippen LogP contribution < -0.4 is 16.8 Å². The van der Waals surface area contributed by atoms with Crippen molar-refractivity contribution < 1.29 is 59.0 Å². The lowest BCUT2D eigenvalue weighted by Crippen LogP contribution is -2.39. The number of sulfone groups is 1. The number of hydrogen-bond acceptors (Lipinski definition) is 10. The van der Waals surface area contributed by atoms with Gasteiger partial charge in [0.2, 0.25) is 15.7 Å². The van der Waals surface area contributed by atoms with Crippen molar-refractivity contribution in [3.05, 3.63) is 59.0 Å². The average Bonchev–Trinajstić information content (AvgIpc) is 3.45. The summed E-state index contributed by atoms with van der Waals surface area (Å²) in [7, 11) is -3.85. The number of hydrogen-bond donors (Lipinski definition) is 5. The second-order valence-electron chi connectivity index (χ2n) is 9.63. The number of carbonyl (C=O) groups excluding carboxylic acids is 3. The quantitative estimate of drug-likeness (QED) is 0.0588. The minimum atomic E-state index is -5.77. The van der Waals surface area contributed by atoms with Crippen LogP contribution in [0.15, 0.2) is 62.5 Å². The smallest absolute Gasteiger partial charge is 0.458 e. The normalized spacial score (nSPS) is 12.4. The van der Waals surface area contributed by atoms with Gasteiger partial charge in [-0.15, -0.1) is 23.1 Å². The van der Waals surface area contributed by atoms with E-state index in [9.17, 15) is 53.9 Å². The van der Waals surface area contributed by atoms with Crippen molar-refractivity contribution in [3.63, 3.8) is 0 Å². The van der Waals surface area contributed by atoms with Gasteiger partial charge in [-0.05, 0) is 66.6 Å². The monoisotopic (exact) mass is 740 g/mol. The van der Waals surface area contributed by atoms with E-state index >= 15 is 0 Å². The minimum Gasteiger partial charge on any atom is -0.480 e. The topological polar surface area (TPSA) is 211 Å². The maximum absolute atomic E-state index is 13.4. The molecule has 1 amide bonds. The number of thioether (sulfide) groups is 1. The van der Waals surface area contributed by atoms with E-state index < -0.39 is 45.8 Å². The molecule has 1 aromatic heterocycles. The van der Waals surface area contributed by atoms with Gasteiger partial charge in [-0.3, -0.25) is 24.6 Å². The van der Waals surface area contributed by atoms with Crippen molar-refractivity contribution in [1.82, 2.24) is 0 Å². The molecule has 0 fully saturated rings. The first-order chi connectivity index (χ1) is 22.0. The lowest BCUT2D eigenvalue weighted by atomic mass is 10.00. The number of benzene rings is 2. The fourth-order valence-corrected chi connectivity index (χ4v) is 7.64. The number of amides is 1. The highest BCUT2D eigenvalue weighted by Crippen LogP contribution is 2.38. The molecule has 7 N–H and O–H groups in total. The number of alkyl halides is 6. The number of aryl methyl sites for hydroxylation is 1. The predicted molar refractivity (Wildman–Crippen MR) is 165 cm³/mol. The fraction of sp³-hybridized carbons (Fsp3) is 0.250. The number of aliphatic carboxylic acids is 1. The summed E-state index contributed by atoms with van der Waals surface area (Å²) in [5.41, 5.74) is 13.8. The summed E-state index contributed by atoms with van der Waals surface area (Å²) in [6.07, 6.45) is -9.77. The van der Waals surface area contributed by atoms with E-state index in [4.69, 9.17) is 22.0 Å². The number of carboxylic acid groups (broad SMARTS) is 1. The second-order valence-corrected chi connectivity index (χ2v) is 13.7. The maximum Gasteiger partial charge on any atom is 0.458 e. The van der Waals surface area contributed by atoms with E-state index in [0.29, 0.717) is 20.3 Å². The fourth-order valence-electron chi connectivity index (χ4n) is 3.73. The largest absolute Gasteiger partial charge is 0.480 e.